The number of amides is 2. The van der Waals surface area contributed by atoms with Crippen LogP contribution in [0.25, 0.3) is 0 Å². The minimum Gasteiger partial charge on any atom is -0.336 e. The van der Waals surface area contributed by atoms with Crippen LogP contribution >= 0.6 is 0 Å². The molecule has 8 nitrogen and oxygen atoms in total. The van der Waals surface area contributed by atoms with Crippen LogP contribution in [0.1, 0.15) is 61.4 Å². The maximum Gasteiger partial charge on any atom is 0.270 e. The first-order valence-electron chi connectivity index (χ1n) is 12.5. The van der Waals surface area contributed by atoms with Crippen LogP contribution in [0.3, 0.4) is 0 Å². The van der Waals surface area contributed by atoms with Crippen LogP contribution in [0, 0.1) is 16.0 Å². The van der Waals surface area contributed by atoms with Crippen LogP contribution in [0.4, 0.5) is 11.4 Å². The number of hydrogen-bond donors (Lipinski definition) is 1. The predicted molar refractivity (Wildman–Crippen MR) is 135 cm³/mol. The molecule has 1 N–H and O–H groups in total. The molecular weight excluding hydrogens is 444 g/mol. The van der Waals surface area contributed by atoms with E-state index in [1.807, 2.05) is 12.1 Å². The highest BCUT2D eigenvalue weighted by Gasteiger charge is 2.37. The van der Waals surface area contributed by atoms with E-state index in [4.69, 9.17) is 0 Å². The van der Waals surface area contributed by atoms with Crippen molar-refractivity contribution in [3.8, 4) is 0 Å². The van der Waals surface area contributed by atoms with E-state index in [1.54, 1.807) is 11.0 Å². The van der Waals surface area contributed by atoms with E-state index >= 15 is 0 Å². The first-order valence-corrected chi connectivity index (χ1v) is 12.5. The molecule has 2 fully saturated rings. The molecule has 1 aliphatic carbocycles. The van der Waals surface area contributed by atoms with Gasteiger partial charge in [-0.05, 0) is 48.4 Å². The van der Waals surface area contributed by atoms with Gasteiger partial charge < -0.3 is 10.2 Å². The van der Waals surface area contributed by atoms with Crippen molar-refractivity contribution >= 4 is 23.2 Å². The molecule has 8 heteroatoms. The van der Waals surface area contributed by atoms with Crippen LogP contribution in [0.5, 0.6) is 0 Å². The summed E-state index contributed by atoms with van der Waals surface area (Å²) in [5.74, 6) is 0.559. The van der Waals surface area contributed by atoms with Gasteiger partial charge in [-0.2, -0.15) is 0 Å². The first kappa shape index (κ1) is 24.9. The number of benzene rings is 2. The number of rotatable bonds is 7. The zero-order valence-electron chi connectivity index (χ0n) is 20.5. The lowest BCUT2D eigenvalue weighted by Crippen LogP contribution is -2.56. The third kappa shape index (κ3) is 5.88. The molecule has 1 saturated heterocycles. The minimum atomic E-state index is -0.490. The molecule has 1 aliphatic heterocycles. The topological polar surface area (TPSA) is 95.8 Å². The molecule has 4 rings (SSSR count). The van der Waals surface area contributed by atoms with Crippen molar-refractivity contribution < 1.29 is 14.5 Å². The van der Waals surface area contributed by atoms with E-state index in [0.717, 1.165) is 31.4 Å². The first-order chi connectivity index (χ1) is 16.8. The average molecular weight is 479 g/mol. The number of carbonyl (C=O) groups is 2. The van der Waals surface area contributed by atoms with Crippen LogP contribution < -0.4 is 5.32 Å². The highest BCUT2D eigenvalue weighted by atomic mass is 16.6. The quantitative estimate of drug-likeness (QED) is 0.461. The third-order valence-electron chi connectivity index (χ3n) is 7.26. The van der Waals surface area contributed by atoms with Crippen LogP contribution in [-0.2, 0) is 4.79 Å². The molecule has 35 heavy (non-hydrogen) atoms. The van der Waals surface area contributed by atoms with E-state index in [2.05, 4.69) is 36.2 Å². The highest BCUT2D eigenvalue weighted by molar-refractivity contribution is 5.96. The van der Waals surface area contributed by atoms with Gasteiger partial charge in [-0.1, -0.05) is 44.9 Å². The molecule has 0 unspecified atom stereocenters. The number of non-ortho nitro benzene ring substituents is 1. The summed E-state index contributed by atoms with van der Waals surface area (Å²) in [4.78, 5) is 40.9. The number of anilines is 1. The van der Waals surface area contributed by atoms with Crippen LogP contribution in [-0.4, -0.2) is 58.8 Å². The summed E-state index contributed by atoms with van der Waals surface area (Å²) in [6.07, 6.45) is 4.36. The maximum absolute atomic E-state index is 13.5. The van der Waals surface area contributed by atoms with Gasteiger partial charge in [0.1, 0.15) is 0 Å². The van der Waals surface area contributed by atoms with Crippen LogP contribution in [0.15, 0.2) is 48.5 Å². The van der Waals surface area contributed by atoms with E-state index in [1.165, 1.54) is 23.8 Å². The highest BCUT2D eigenvalue weighted by Crippen LogP contribution is 2.32. The van der Waals surface area contributed by atoms with Crippen molar-refractivity contribution in [2.24, 2.45) is 5.92 Å². The summed E-state index contributed by atoms with van der Waals surface area (Å²) < 4.78 is 0. The number of nitrogens with zero attached hydrogens (tertiary/aromatic N) is 3. The smallest absolute Gasteiger partial charge is 0.270 e. The molecule has 0 spiro atoms. The van der Waals surface area contributed by atoms with Gasteiger partial charge >= 0.3 is 0 Å². The summed E-state index contributed by atoms with van der Waals surface area (Å²) >= 11 is 0. The molecule has 0 radical (unpaired) electrons. The lowest BCUT2D eigenvalue weighted by Gasteiger charge is -2.40. The molecule has 2 aromatic carbocycles. The standard InChI is InChI=1S/C27H34N4O4/c1-19(2)20-10-12-23(13-11-20)28-26(32)25(21-6-3-4-7-21)29-14-16-30(17-15-29)27(33)22-8-5-9-24(18-22)31(34)35/h5,8-13,18-19,21,25H,3-4,6-7,14-17H2,1-2H3,(H,28,32)/t25-/m0/s1. The predicted octanol–water partition coefficient (Wildman–Crippen LogP) is 4.67. The Morgan fingerprint density at radius 3 is 2.26 bits per heavy atom. The SMILES string of the molecule is CC(C)c1ccc(NC(=O)[C@H](C2CCCC2)N2CCN(C(=O)c3cccc([N+](=O)[O-])c3)CC2)cc1. The molecule has 1 heterocycles. The van der Waals surface area contributed by atoms with Crippen molar-refractivity contribution in [3.05, 3.63) is 69.8 Å². The zero-order valence-corrected chi connectivity index (χ0v) is 20.5. The van der Waals surface area contributed by atoms with Crippen molar-refractivity contribution in [1.29, 1.82) is 0 Å². The van der Waals surface area contributed by atoms with Gasteiger partial charge in [-0.15, -0.1) is 0 Å². The minimum absolute atomic E-state index is 0.0210. The Balaban J connectivity index is 1.42. The summed E-state index contributed by atoms with van der Waals surface area (Å²) in [6, 6.07) is 13.7. The zero-order chi connectivity index (χ0) is 24.9. The van der Waals surface area contributed by atoms with E-state index in [-0.39, 0.29) is 23.5 Å². The fraction of sp³-hybridized carbons (Fsp3) is 0.481. The average Bonchev–Trinajstić information content (AvgIpc) is 3.39. The molecule has 2 amide bonds. The second kappa shape index (κ2) is 11.0. The maximum atomic E-state index is 13.5. The van der Waals surface area contributed by atoms with Gasteiger partial charge in [0.05, 0.1) is 11.0 Å². The Morgan fingerprint density at radius 1 is 1.00 bits per heavy atom. The Labute approximate surface area is 206 Å². The monoisotopic (exact) mass is 478 g/mol. The largest absolute Gasteiger partial charge is 0.336 e. The van der Waals surface area contributed by atoms with Gasteiger partial charge in [0.25, 0.3) is 11.6 Å². The van der Waals surface area contributed by atoms with Gasteiger partial charge in [-0.3, -0.25) is 24.6 Å². The van der Waals surface area contributed by atoms with Crippen molar-refractivity contribution in [2.75, 3.05) is 31.5 Å². The number of carbonyl (C=O) groups excluding carboxylic acids is 2. The van der Waals surface area contributed by atoms with Crippen molar-refractivity contribution in [3.63, 3.8) is 0 Å². The van der Waals surface area contributed by atoms with Gasteiger partial charge in [-0.25, -0.2) is 0 Å². The summed E-state index contributed by atoms with van der Waals surface area (Å²) in [7, 11) is 0. The number of nitro groups is 1. The fourth-order valence-electron chi connectivity index (χ4n) is 5.26. The van der Waals surface area contributed by atoms with E-state index in [9.17, 15) is 19.7 Å². The molecule has 1 saturated carbocycles. The van der Waals surface area contributed by atoms with Crippen molar-refractivity contribution in [2.45, 2.75) is 51.5 Å². The van der Waals surface area contributed by atoms with Gasteiger partial charge in [0.15, 0.2) is 0 Å². The normalized spacial score (nSPS) is 18.0. The number of nitro benzene ring substituents is 1. The Morgan fingerprint density at radius 2 is 1.66 bits per heavy atom. The Bertz CT molecular complexity index is 1060. The van der Waals surface area contributed by atoms with Crippen LogP contribution in [0.2, 0.25) is 0 Å². The lowest BCUT2D eigenvalue weighted by molar-refractivity contribution is -0.384. The third-order valence-corrected chi connectivity index (χ3v) is 7.26. The molecular formula is C27H34N4O4. The van der Waals surface area contributed by atoms with E-state index < -0.39 is 4.92 Å². The molecule has 186 valence electrons. The second-order valence-corrected chi connectivity index (χ2v) is 9.89. The second-order valence-electron chi connectivity index (χ2n) is 9.89. The Hall–Kier alpha value is -3.26. The number of nitrogens with one attached hydrogen (secondary N) is 1. The molecule has 2 aromatic rings. The molecule has 0 bridgehead atoms. The Kier molecular flexibility index (Phi) is 7.80. The summed E-state index contributed by atoms with van der Waals surface area (Å²) in [6.45, 7) is 6.46. The fourth-order valence-corrected chi connectivity index (χ4v) is 5.26. The van der Waals surface area contributed by atoms with E-state index in [0.29, 0.717) is 43.6 Å². The molecule has 2 aliphatic rings. The summed E-state index contributed by atoms with van der Waals surface area (Å²) in [5, 5.41) is 14.2. The summed E-state index contributed by atoms with van der Waals surface area (Å²) in [5.41, 5.74) is 2.28. The lowest BCUT2D eigenvalue weighted by atomic mass is 9.94. The number of piperazine rings is 1. The van der Waals surface area contributed by atoms with Gasteiger partial charge in [0.2, 0.25) is 5.91 Å². The molecule has 0 aromatic heterocycles. The molecule has 1 atom stereocenters. The van der Waals surface area contributed by atoms with Gasteiger partial charge in [0, 0.05) is 49.6 Å². The van der Waals surface area contributed by atoms with Crippen molar-refractivity contribution in [1.82, 2.24) is 9.80 Å². The number of hydrogen-bond acceptors (Lipinski definition) is 5.